The van der Waals surface area contributed by atoms with Gasteiger partial charge in [-0.25, -0.2) is 0 Å². The molecule has 0 aromatic carbocycles. The molecule has 0 amide bonds. The van der Waals surface area contributed by atoms with Crippen LogP contribution in [0, 0.1) is 0 Å². The van der Waals surface area contributed by atoms with Gasteiger partial charge in [0.1, 0.15) is 0 Å². The van der Waals surface area contributed by atoms with Gasteiger partial charge in [0.15, 0.2) is 0 Å². The Morgan fingerprint density at radius 1 is 1.47 bits per heavy atom. The SMILES string of the molecule is CN(CCNCc1sccc1Br)C1CCCC1. The summed E-state index contributed by atoms with van der Waals surface area (Å²) in [7, 11) is 2.26. The molecule has 1 heterocycles. The average molecular weight is 317 g/mol. The molecule has 0 radical (unpaired) electrons. The van der Waals surface area contributed by atoms with Gasteiger partial charge in [-0.2, -0.15) is 0 Å². The molecule has 0 unspecified atom stereocenters. The Labute approximate surface area is 117 Å². The van der Waals surface area contributed by atoms with Crippen LogP contribution in [0.5, 0.6) is 0 Å². The fourth-order valence-electron chi connectivity index (χ4n) is 2.44. The Balaban J connectivity index is 1.61. The predicted octanol–water partition coefficient (Wildman–Crippen LogP) is 3.47. The monoisotopic (exact) mass is 316 g/mol. The van der Waals surface area contributed by atoms with E-state index in [0.717, 1.165) is 25.7 Å². The fourth-order valence-corrected chi connectivity index (χ4v) is 3.90. The van der Waals surface area contributed by atoms with E-state index in [2.05, 4.69) is 44.6 Å². The maximum absolute atomic E-state index is 3.56. The third-order valence-electron chi connectivity index (χ3n) is 3.57. The van der Waals surface area contributed by atoms with Gasteiger partial charge in [-0.05, 0) is 47.3 Å². The molecular weight excluding hydrogens is 296 g/mol. The number of hydrogen-bond donors (Lipinski definition) is 1. The van der Waals surface area contributed by atoms with Crippen molar-refractivity contribution in [1.29, 1.82) is 0 Å². The van der Waals surface area contributed by atoms with Crippen molar-refractivity contribution in [1.82, 2.24) is 10.2 Å². The summed E-state index contributed by atoms with van der Waals surface area (Å²) in [4.78, 5) is 3.91. The molecule has 1 aromatic heterocycles. The Morgan fingerprint density at radius 3 is 2.88 bits per heavy atom. The lowest BCUT2D eigenvalue weighted by Gasteiger charge is -2.23. The van der Waals surface area contributed by atoms with Gasteiger partial charge in [0.05, 0.1) is 0 Å². The van der Waals surface area contributed by atoms with Crippen LogP contribution in [0.4, 0.5) is 0 Å². The molecule has 96 valence electrons. The van der Waals surface area contributed by atoms with Crippen LogP contribution in [-0.2, 0) is 6.54 Å². The predicted molar refractivity (Wildman–Crippen MR) is 78.6 cm³/mol. The molecule has 1 aliphatic carbocycles. The van der Waals surface area contributed by atoms with E-state index in [1.54, 1.807) is 0 Å². The minimum absolute atomic E-state index is 0.838. The first-order chi connectivity index (χ1) is 8.27. The third-order valence-corrected chi connectivity index (χ3v) is 5.49. The molecule has 1 fully saturated rings. The zero-order valence-corrected chi connectivity index (χ0v) is 12.8. The highest BCUT2D eigenvalue weighted by atomic mass is 79.9. The van der Waals surface area contributed by atoms with Crippen LogP contribution in [-0.4, -0.2) is 31.1 Å². The quantitative estimate of drug-likeness (QED) is 0.808. The summed E-state index contributed by atoms with van der Waals surface area (Å²) in [5.41, 5.74) is 0. The first-order valence-corrected chi connectivity index (χ1v) is 8.07. The van der Waals surface area contributed by atoms with Crippen LogP contribution in [0.25, 0.3) is 0 Å². The highest BCUT2D eigenvalue weighted by Crippen LogP contribution is 2.23. The molecule has 1 aliphatic rings. The molecule has 4 heteroatoms. The van der Waals surface area contributed by atoms with E-state index in [9.17, 15) is 0 Å². The number of halogens is 1. The first-order valence-electron chi connectivity index (χ1n) is 6.40. The Bertz CT molecular complexity index is 334. The van der Waals surface area contributed by atoms with Crippen molar-refractivity contribution in [2.45, 2.75) is 38.3 Å². The summed E-state index contributed by atoms with van der Waals surface area (Å²) in [6.45, 7) is 3.22. The van der Waals surface area contributed by atoms with Gasteiger partial charge in [-0.3, -0.25) is 0 Å². The minimum Gasteiger partial charge on any atom is -0.311 e. The van der Waals surface area contributed by atoms with Crippen LogP contribution in [0.3, 0.4) is 0 Å². The second-order valence-corrected chi connectivity index (χ2v) is 6.64. The van der Waals surface area contributed by atoms with E-state index < -0.39 is 0 Å². The summed E-state index contributed by atoms with van der Waals surface area (Å²) in [5.74, 6) is 0. The zero-order valence-electron chi connectivity index (χ0n) is 10.4. The lowest BCUT2D eigenvalue weighted by molar-refractivity contribution is 0.245. The second kappa shape index (κ2) is 6.88. The van der Waals surface area contributed by atoms with Gasteiger partial charge in [-0.15, -0.1) is 11.3 Å². The number of rotatable bonds is 6. The van der Waals surface area contributed by atoms with Gasteiger partial charge in [-0.1, -0.05) is 12.8 Å². The highest BCUT2D eigenvalue weighted by molar-refractivity contribution is 9.10. The van der Waals surface area contributed by atoms with Crippen LogP contribution < -0.4 is 5.32 Å². The average Bonchev–Trinajstić information content (AvgIpc) is 2.96. The third kappa shape index (κ3) is 4.05. The summed E-state index contributed by atoms with van der Waals surface area (Å²) >= 11 is 5.37. The molecule has 1 saturated carbocycles. The van der Waals surface area contributed by atoms with Crippen molar-refractivity contribution in [2.75, 3.05) is 20.1 Å². The Morgan fingerprint density at radius 2 is 2.24 bits per heavy atom. The smallest absolute Gasteiger partial charge is 0.0327 e. The summed E-state index contributed by atoms with van der Waals surface area (Å²) in [6.07, 6.45) is 5.63. The van der Waals surface area contributed by atoms with E-state index in [4.69, 9.17) is 0 Å². The standard InChI is InChI=1S/C13H21BrN2S/c1-16(11-4-2-3-5-11)8-7-15-10-13-12(14)6-9-17-13/h6,9,11,15H,2-5,7-8,10H2,1H3. The van der Waals surface area contributed by atoms with Gasteiger partial charge in [0, 0.05) is 35.0 Å². The summed E-state index contributed by atoms with van der Waals surface area (Å²) in [5, 5.41) is 5.65. The number of hydrogen-bond acceptors (Lipinski definition) is 3. The molecule has 0 spiro atoms. The Hall–Kier alpha value is 0.100. The summed E-state index contributed by atoms with van der Waals surface area (Å²) in [6, 6.07) is 2.96. The fraction of sp³-hybridized carbons (Fsp3) is 0.692. The largest absolute Gasteiger partial charge is 0.311 e. The molecule has 0 atom stereocenters. The highest BCUT2D eigenvalue weighted by Gasteiger charge is 2.18. The van der Waals surface area contributed by atoms with Crippen LogP contribution in [0.2, 0.25) is 0 Å². The number of thiophene rings is 1. The van der Waals surface area contributed by atoms with Crippen molar-refractivity contribution in [3.63, 3.8) is 0 Å². The molecule has 2 rings (SSSR count). The molecule has 17 heavy (non-hydrogen) atoms. The van der Waals surface area contributed by atoms with Gasteiger partial charge in [0.25, 0.3) is 0 Å². The number of nitrogens with one attached hydrogen (secondary N) is 1. The van der Waals surface area contributed by atoms with Gasteiger partial charge < -0.3 is 10.2 Å². The lowest BCUT2D eigenvalue weighted by atomic mass is 10.2. The van der Waals surface area contributed by atoms with E-state index >= 15 is 0 Å². The molecule has 1 N–H and O–H groups in total. The van der Waals surface area contributed by atoms with Crippen LogP contribution >= 0.6 is 27.3 Å². The van der Waals surface area contributed by atoms with E-state index in [1.165, 1.54) is 35.0 Å². The van der Waals surface area contributed by atoms with Gasteiger partial charge >= 0.3 is 0 Å². The van der Waals surface area contributed by atoms with Crippen molar-refractivity contribution >= 4 is 27.3 Å². The van der Waals surface area contributed by atoms with E-state index in [1.807, 2.05) is 11.3 Å². The maximum Gasteiger partial charge on any atom is 0.0327 e. The van der Waals surface area contributed by atoms with Crippen molar-refractivity contribution in [3.05, 3.63) is 20.8 Å². The second-order valence-electron chi connectivity index (χ2n) is 4.79. The van der Waals surface area contributed by atoms with Gasteiger partial charge in [0.2, 0.25) is 0 Å². The molecule has 2 nitrogen and oxygen atoms in total. The Kier molecular flexibility index (Phi) is 5.48. The topological polar surface area (TPSA) is 15.3 Å². The van der Waals surface area contributed by atoms with Crippen molar-refractivity contribution in [3.8, 4) is 0 Å². The molecule has 1 aromatic rings. The molecule has 0 saturated heterocycles. The molecule has 0 aliphatic heterocycles. The normalized spacial score (nSPS) is 17.1. The van der Waals surface area contributed by atoms with E-state index in [0.29, 0.717) is 0 Å². The maximum atomic E-state index is 3.56. The zero-order chi connectivity index (χ0) is 12.1. The summed E-state index contributed by atoms with van der Waals surface area (Å²) < 4.78 is 1.24. The molecular formula is C13H21BrN2S. The van der Waals surface area contributed by atoms with Crippen molar-refractivity contribution < 1.29 is 0 Å². The number of nitrogens with zero attached hydrogens (tertiary/aromatic N) is 1. The number of likely N-dealkylation sites (N-methyl/N-ethyl adjacent to an activating group) is 1. The lowest BCUT2D eigenvalue weighted by Crippen LogP contribution is -2.35. The first kappa shape index (κ1) is 13.5. The van der Waals surface area contributed by atoms with Crippen LogP contribution in [0.15, 0.2) is 15.9 Å². The van der Waals surface area contributed by atoms with E-state index in [-0.39, 0.29) is 0 Å². The minimum atomic E-state index is 0.838. The van der Waals surface area contributed by atoms with Crippen molar-refractivity contribution in [2.24, 2.45) is 0 Å². The van der Waals surface area contributed by atoms with Crippen LogP contribution in [0.1, 0.15) is 30.6 Å². The molecule has 0 bridgehead atoms.